The number of sulfonamides is 1. The number of hydrogen-bond donors (Lipinski definition) is 1. The van der Waals surface area contributed by atoms with E-state index in [0.29, 0.717) is 23.1 Å². The molecule has 1 N–H and O–H groups in total. The first-order valence-electron chi connectivity index (χ1n) is 11.9. The Morgan fingerprint density at radius 3 is 2.35 bits per heavy atom. The maximum Gasteiger partial charge on any atom is 0.338 e. The predicted molar refractivity (Wildman–Crippen MR) is 141 cm³/mol. The summed E-state index contributed by atoms with van der Waals surface area (Å²) in [6, 6.07) is 20.3. The third-order valence-electron chi connectivity index (χ3n) is 5.55. The number of amides is 2. The van der Waals surface area contributed by atoms with Gasteiger partial charge in [0.05, 0.1) is 17.8 Å². The van der Waals surface area contributed by atoms with Crippen LogP contribution in [0.5, 0.6) is 0 Å². The largest absolute Gasteiger partial charge is 0.456 e. The highest BCUT2D eigenvalue weighted by molar-refractivity contribution is 7.90. The fraction of sp³-hybridized carbons (Fsp3) is 0.241. The van der Waals surface area contributed by atoms with Crippen LogP contribution in [0.2, 0.25) is 0 Å². The molecule has 0 fully saturated rings. The number of nitrogens with one attached hydrogen (secondary N) is 1. The lowest BCUT2D eigenvalue weighted by Gasteiger charge is -2.29. The molecule has 0 radical (unpaired) electrons. The summed E-state index contributed by atoms with van der Waals surface area (Å²) < 4.78 is 32.9. The summed E-state index contributed by atoms with van der Waals surface area (Å²) >= 11 is 0. The summed E-state index contributed by atoms with van der Waals surface area (Å²) in [6.07, 6.45) is 1.43. The maximum absolute atomic E-state index is 13.4. The summed E-state index contributed by atoms with van der Waals surface area (Å²) in [5.74, 6) is 5.63. The van der Waals surface area contributed by atoms with Crippen molar-refractivity contribution in [2.24, 2.45) is 0 Å². The number of rotatable bonds is 5. The molecule has 0 bridgehead atoms. The first kappa shape index (κ1) is 26.0. The van der Waals surface area contributed by atoms with Crippen LogP contribution in [0.4, 0.5) is 10.5 Å². The van der Waals surface area contributed by atoms with Crippen molar-refractivity contribution in [3.63, 3.8) is 0 Å². The van der Waals surface area contributed by atoms with Crippen LogP contribution in [0.3, 0.4) is 0 Å². The molecule has 3 aromatic rings. The molecule has 1 heterocycles. The number of carbonyl (C=O) groups excluding carboxylic acids is 2. The van der Waals surface area contributed by atoms with Gasteiger partial charge in [-0.15, -0.1) is 0 Å². The second-order valence-corrected chi connectivity index (χ2v) is 11.5. The van der Waals surface area contributed by atoms with Crippen LogP contribution in [0.25, 0.3) is 0 Å². The Bertz CT molecular complexity index is 1480. The van der Waals surface area contributed by atoms with E-state index in [4.69, 9.17) is 4.74 Å². The van der Waals surface area contributed by atoms with Crippen LogP contribution >= 0.6 is 0 Å². The van der Waals surface area contributed by atoms with Crippen molar-refractivity contribution in [1.82, 2.24) is 4.31 Å². The molecule has 0 spiro atoms. The number of benzene rings is 3. The average molecular weight is 517 g/mol. The third kappa shape index (κ3) is 6.38. The zero-order valence-corrected chi connectivity index (χ0v) is 21.8. The van der Waals surface area contributed by atoms with E-state index in [-0.39, 0.29) is 17.1 Å². The fourth-order valence-corrected chi connectivity index (χ4v) is 5.24. The lowest BCUT2D eigenvalue weighted by Crippen LogP contribution is -2.43. The first-order valence-corrected chi connectivity index (χ1v) is 13.3. The molecule has 7 nitrogen and oxygen atoms in total. The normalized spacial score (nSPS) is 14.1. The summed E-state index contributed by atoms with van der Waals surface area (Å²) in [5, 5.41) is 2.64. The van der Waals surface area contributed by atoms with Crippen LogP contribution in [-0.2, 0) is 27.7 Å². The van der Waals surface area contributed by atoms with Gasteiger partial charge in [0, 0.05) is 12.0 Å². The molecule has 0 saturated heterocycles. The molecule has 1 aliphatic rings. The van der Waals surface area contributed by atoms with Crippen LogP contribution in [-0.4, -0.2) is 30.3 Å². The minimum absolute atomic E-state index is 0.00710. The monoisotopic (exact) mass is 516 g/mol. The van der Waals surface area contributed by atoms with E-state index >= 15 is 0 Å². The van der Waals surface area contributed by atoms with Gasteiger partial charge in [0.25, 0.3) is 10.0 Å². The van der Waals surface area contributed by atoms with Gasteiger partial charge in [0.15, 0.2) is 0 Å². The number of esters is 1. The van der Waals surface area contributed by atoms with E-state index in [1.807, 2.05) is 30.3 Å². The van der Waals surface area contributed by atoms with Crippen molar-refractivity contribution in [1.29, 1.82) is 0 Å². The van der Waals surface area contributed by atoms with E-state index < -0.39 is 27.6 Å². The van der Waals surface area contributed by atoms with Gasteiger partial charge < -0.3 is 10.1 Å². The van der Waals surface area contributed by atoms with Gasteiger partial charge in [-0.2, -0.15) is 0 Å². The van der Waals surface area contributed by atoms with E-state index in [1.165, 1.54) is 11.6 Å². The Morgan fingerprint density at radius 2 is 1.68 bits per heavy atom. The molecule has 3 aromatic carbocycles. The Balaban J connectivity index is 1.49. The third-order valence-corrected chi connectivity index (χ3v) is 7.32. The maximum atomic E-state index is 13.4. The molecular formula is C29H28N2O5S. The molecule has 4 rings (SSSR count). The molecule has 0 aliphatic carbocycles. The number of urea groups is 1. The number of fused-ring (bicyclic) bond motifs is 1. The SMILES string of the molecule is CC(C)(C)OC(=O)c1ccc(CN2C(=O)Nc3ccc(C#CCCc4ccccc4)cc3S2(=O)=O)cc1. The molecule has 8 heteroatoms. The highest BCUT2D eigenvalue weighted by atomic mass is 32.2. The molecule has 1 aliphatic heterocycles. The topological polar surface area (TPSA) is 92.8 Å². The number of nitrogens with zero attached hydrogens (tertiary/aromatic N) is 1. The minimum Gasteiger partial charge on any atom is -0.456 e. The van der Waals surface area contributed by atoms with Gasteiger partial charge in [0.2, 0.25) is 0 Å². The van der Waals surface area contributed by atoms with Crippen molar-refractivity contribution in [2.45, 2.75) is 50.7 Å². The standard InChI is InChI=1S/C29H28N2O5S/c1-29(2,3)36-27(32)24-16-13-23(14-17-24)20-31-28(33)30-25-18-15-22(19-26(25)37(31,34)35)12-8-7-11-21-9-5-4-6-10-21/h4-6,9-10,13-19H,7,11,20H2,1-3H3,(H,30,33). The number of carbonyl (C=O) groups is 2. The van der Waals surface area contributed by atoms with Crippen molar-refractivity contribution in [3.05, 3.63) is 95.1 Å². The van der Waals surface area contributed by atoms with Gasteiger partial charge in [-0.1, -0.05) is 54.3 Å². The molecule has 2 amide bonds. The summed E-state index contributed by atoms with van der Waals surface area (Å²) in [5.41, 5.74) is 2.21. The van der Waals surface area contributed by atoms with E-state index in [2.05, 4.69) is 17.2 Å². The first-order chi connectivity index (χ1) is 17.5. The van der Waals surface area contributed by atoms with Crippen LogP contribution in [0.15, 0.2) is 77.7 Å². The van der Waals surface area contributed by atoms with Crippen LogP contribution < -0.4 is 5.32 Å². The highest BCUT2D eigenvalue weighted by Crippen LogP contribution is 2.32. The second kappa shape index (κ2) is 10.5. The van der Waals surface area contributed by atoms with Crippen molar-refractivity contribution < 1.29 is 22.7 Å². The van der Waals surface area contributed by atoms with Crippen molar-refractivity contribution in [2.75, 3.05) is 5.32 Å². The molecule has 0 aromatic heterocycles. The summed E-state index contributed by atoms with van der Waals surface area (Å²) in [6.45, 7) is 5.14. The Kier molecular flexibility index (Phi) is 7.37. The van der Waals surface area contributed by atoms with Gasteiger partial charge in [-0.25, -0.2) is 22.3 Å². The number of anilines is 1. The highest BCUT2D eigenvalue weighted by Gasteiger charge is 2.36. The van der Waals surface area contributed by atoms with E-state index in [9.17, 15) is 18.0 Å². The molecular weight excluding hydrogens is 488 g/mol. The Hall–Kier alpha value is -4.09. The van der Waals surface area contributed by atoms with Gasteiger partial charge in [-0.3, -0.25) is 0 Å². The number of aryl methyl sites for hydroxylation is 1. The molecule has 0 saturated carbocycles. The smallest absolute Gasteiger partial charge is 0.338 e. The summed E-state index contributed by atoms with van der Waals surface area (Å²) in [4.78, 5) is 24.9. The minimum atomic E-state index is -4.11. The van der Waals surface area contributed by atoms with E-state index in [0.717, 1.165) is 10.7 Å². The van der Waals surface area contributed by atoms with Crippen molar-refractivity contribution >= 4 is 27.7 Å². The fourth-order valence-electron chi connectivity index (χ4n) is 3.74. The zero-order valence-electron chi connectivity index (χ0n) is 20.9. The van der Waals surface area contributed by atoms with Gasteiger partial charge >= 0.3 is 12.0 Å². The predicted octanol–water partition coefficient (Wildman–Crippen LogP) is 5.36. The Morgan fingerprint density at radius 1 is 0.973 bits per heavy atom. The van der Waals surface area contributed by atoms with Crippen LogP contribution in [0, 0.1) is 11.8 Å². The number of ether oxygens (including phenoxy) is 1. The quantitative estimate of drug-likeness (QED) is 0.364. The Labute approximate surface area is 217 Å². The lowest BCUT2D eigenvalue weighted by atomic mass is 10.1. The second-order valence-electron chi connectivity index (χ2n) is 9.64. The molecule has 37 heavy (non-hydrogen) atoms. The molecule has 0 unspecified atom stereocenters. The zero-order chi connectivity index (χ0) is 26.6. The molecule has 190 valence electrons. The van der Waals surface area contributed by atoms with E-state index in [1.54, 1.807) is 57.2 Å². The number of hydrogen-bond acceptors (Lipinski definition) is 5. The van der Waals surface area contributed by atoms with Gasteiger partial charge in [0.1, 0.15) is 10.5 Å². The molecule has 0 atom stereocenters. The van der Waals surface area contributed by atoms with Crippen LogP contribution in [0.1, 0.15) is 54.2 Å². The average Bonchev–Trinajstić information content (AvgIpc) is 2.85. The lowest BCUT2D eigenvalue weighted by molar-refractivity contribution is 0.00694. The van der Waals surface area contributed by atoms with Crippen molar-refractivity contribution in [3.8, 4) is 11.8 Å². The van der Waals surface area contributed by atoms with Gasteiger partial charge in [-0.05, 0) is 68.7 Å². The summed E-state index contributed by atoms with van der Waals surface area (Å²) in [7, 11) is -4.11.